The first-order valence-corrected chi connectivity index (χ1v) is 4.57. The number of halogens is 2. The van der Waals surface area contributed by atoms with E-state index in [0.29, 0.717) is 6.42 Å². The fraction of sp³-hybridized carbons (Fsp3) is 0.400. The maximum absolute atomic E-state index is 11.8. The number of alkyl halides is 2. The fourth-order valence-corrected chi connectivity index (χ4v) is 1.07. The SMILES string of the molecule is CCCC(=O)c1ccc(OC(F)F)cn1. The van der Waals surface area contributed by atoms with Gasteiger partial charge in [0.05, 0.1) is 6.20 Å². The van der Waals surface area contributed by atoms with Gasteiger partial charge in [0.15, 0.2) is 5.78 Å². The molecule has 0 unspecified atom stereocenters. The number of Topliss-reactive ketones (excluding diaryl/α,β-unsaturated/α-hetero) is 1. The zero-order valence-electron chi connectivity index (χ0n) is 8.24. The summed E-state index contributed by atoms with van der Waals surface area (Å²) in [5, 5.41) is 0. The molecule has 0 saturated heterocycles. The zero-order valence-corrected chi connectivity index (χ0v) is 8.24. The van der Waals surface area contributed by atoms with E-state index in [1.807, 2.05) is 6.92 Å². The standard InChI is InChI=1S/C10H11F2NO2/c1-2-3-9(14)8-5-4-7(6-13-8)15-10(11)12/h4-6,10H,2-3H2,1H3. The van der Waals surface area contributed by atoms with Crippen LogP contribution in [0.2, 0.25) is 0 Å². The van der Waals surface area contributed by atoms with E-state index in [-0.39, 0.29) is 17.2 Å². The Kier molecular flexibility index (Phi) is 4.15. The molecule has 1 heterocycles. The molecule has 5 heteroatoms. The number of nitrogens with zero attached hydrogens (tertiary/aromatic N) is 1. The number of ketones is 1. The summed E-state index contributed by atoms with van der Waals surface area (Å²) in [5.41, 5.74) is 0.276. The maximum Gasteiger partial charge on any atom is 0.387 e. The van der Waals surface area contributed by atoms with Crippen molar-refractivity contribution in [3.05, 3.63) is 24.0 Å². The van der Waals surface area contributed by atoms with E-state index < -0.39 is 6.61 Å². The average Bonchev–Trinajstić information content (AvgIpc) is 2.18. The van der Waals surface area contributed by atoms with Gasteiger partial charge in [0.25, 0.3) is 0 Å². The second-order valence-corrected chi connectivity index (χ2v) is 2.93. The molecule has 1 rings (SSSR count). The highest BCUT2D eigenvalue weighted by atomic mass is 19.3. The van der Waals surface area contributed by atoms with Crippen LogP contribution in [-0.4, -0.2) is 17.4 Å². The third kappa shape index (κ3) is 3.61. The van der Waals surface area contributed by atoms with E-state index in [4.69, 9.17) is 0 Å². The monoisotopic (exact) mass is 215 g/mol. The second-order valence-electron chi connectivity index (χ2n) is 2.93. The number of rotatable bonds is 5. The predicted octanol–water partition coefficient (Wildman–Crippen LogP) is 2.67. The second kappa shape index (κ2) is 5.38. The van der Waals surface area contributed by atoms with Crippen molar-refractivity contribution >= 4 is 5.78 Å². The molecule has 1 aromatic rings. The highest BCUT2D eigenvalue weighted by Gasteiger charge is 2.08. The molecule has 0 radical (unpaired) electrons. The normalized spacial score (nSPS) is 10.4. The van der Waals surface area contributed by atoms with E-state index >= 15 is 0 Å². The Labute approximate surface area is 86.1 Å². The average molecular weight is 215 g/mol. The Morgan fingerprint density at radius 2 is 2.27 bits per heavy atom. The van der Waals surface area contributed by atoms with Crippen molar-refractivity contribution in [3.63, 3.8) is 0 Å². The van der Waals surface area contributed by atoms with Gasteiger partial charge in [0.2, 0.25) is 0 Å². The molecule has 0 aromatic carbocycles. The summed E-state index contributed by atoms with van der Waals surface area (Å²) in [7, 11) is 0. The first kappa shape index (κ1) is 11.6. The summed E-state index contributed by atoms with van der Waals surface area (Å²) in [6, 6.07) is 2.69. The predicted molar refractivity (Wildman–Crippen MR) is 50.1 cm³/mol. The molecule has 0 amide bonds. The lowest BCUT2D eigenvalue weighted by atomic mass is 10.1. The number of hydrogen-bond acceptors (Lipinski definition) is 3. The number of hydrogen-bond donors (Lipinski definition) is 0. The van der Waals surface area contributed by atoms with Gasteiger partial charge in [-0.3, -0.25) is 4.79 Å². The van der Waals surface area contributed by atoms with Crippen molar-refractivity contribution in [1.29, 1.82) is 0 Å². The Bertz CT molecular complexity index is 325. The molecule has 3 nitrogen and oxygen atoms in total. The quantitative estimate of drug-likeness (QED) is 0.709. The van der Waals surface area contributed by atoms with Crippen LogP contribution in [0.15, 0.2) is 18.3 Å². The highest BCUT2D eigenvalue weighted by Crippen LogP contribution is 2.13. The first-order chi connectivity index (χ1) is 7.13. The van der Waals surface area contributed by atoms with Crippen LogP contribution < -0.4 is 4.74 Å². The van der Waals surface area contributed by atoms with E-state index in [0.717, 1.165) is 12.6 Å². The molecule has 0 N–H and O–H groups in total. The topological polar surface area (TPSA) is 39.2 Å². The van der Waals surface area contributed by atoms with Gasteiger partial charge < -0.3 is 4.74 Å². The molecule has 0 aliphatic rings. The molecule has 1 aromatic heterocycles. The number of carbonyl (C=O) groups is 1. The fourth-order valence-electron chi connectivity index (χ4n) is 1.07. The molecule has 0 bridgehead atoms. The van der Waals surface area contributed by atoms with Gasteiger partial charge in [-0.2, -0.15) is 8.78 Å². The molecule has 0 atom stereocenters. The highest BCUT2D eigenvalue weighted by molar-refractivity contribution is 5.94. The van der Waals surface area contributed by atoms with Gasteiger partial charge in [0, 0.05) is 6.42 Å². The number of ether oxygens (including phenoxy) is 1. The van der Waals surface area contributed by atoms with Crippen LogP contribution in [0.4, 0.5) is 8.78 Å². The summed E-state index contributed by atoms with van der Waals surface area (Å²) in [6.45, 7) is -0.990. The number of aromatic nitrogens is 1. The van der Waals surface area contributed by atoms with Gasteiger partial charge in [-0.25, -0.2) is 4.98 Å². The summed E-state index contributed by atoms with van der Waals surface area (Å²) in [4.78, 5) is 15.1. The van der Waals surface area contributed by atoms with Crippen molar-refractivity contribution in [3.8, 4) is 5.75 Å². The minimum atomic E-state index is -2.87. The summed E-state index contributed by atoms with van der Waals surface area (Å²) >= 11 is 0. The van der Waals surface area contributed by atoms with Crippen LogP contribution >= 0.6 is 0 Å². The van der Waals surface area contributed by atoms with Gasteiger partial charge in [0.1, 0.15) is 11.4 Å². The maximum atomic E-state index is 11.8. The summed E-state index contributed by atoms with van der Waals surface area (Å²) in [5.74, 6) is -0.140. The van der Waals surface area contributed by atoms with Crippen molar-refractivity contribution in [1.82, 2.24) is 4.98 Å². The molecular weight excluding hydrogens is 204 g/mol. The van der Waals surface area contributed by atoms with Crippen LogP contribution in [-0.2, 0) is 0 Å². The van der Waals surface area contributed by atoms with Crippen molar-refractivity contribution in [2.45, 2.75) is 26.4 Å². The summed E-state index contributed by atoms with van der Waals surface area (Å²) < 4.78 is 27.7. The van der Waals surface area contributed by atoms with E-state index in [1.54, 1.807) is 0 Å². The van der Waals surface area contributed by atoms with E-state index in [1.165, 1.54) is 12.1 Å². The first-order valence-electron chi connectivity index (χ1n) is 4.57. The van der Waals surface area contributed by atoms with Crippen LogP contribution in [0.1, 0.15) is 30.3 Å². The largest absolute Gasteiger partial charge is 0.433 e. The van der Waals surface area contributed by atoms with Crippen molar-refractivity contribution in [2.75, 3.05) is 0 Å². The van der Waals surface area contributed by atoms with Crippen molar-refractivity contribution < 1.29 is 18.3 Å². The molecule has 0 aliphatic carbocycles. The Morgan fingerprint density at radius 1 is 1.53 bits per heavy atom. The van der Waals surface area contributed by atoms with E-state index in [9.17, 15) is 13.6 Å². The van der Waals surface area contributed by atoms with Gasteiger partial charge in [-0.05, 0) is 18.6 Å². The van der Waals surface area contributed by atoms with Gasteiger partial charge in [-0.15, -0.1) is 0 Å². The van der Waals surface area contributed by atoms with Gasteiger partial charge in [-0.1, -0.05) is 6.92 Å². The Balaban J connectivity index is 2.67. The smallest absolute Gasteiger partial charge is 0.387 e. The van der Waals surface area contributed by atoms with Crippen molar-refractivity contribution in [2.24, 2.45) is 0 Å². The molecule has 0 aliphatic heterocycles. The third-order valence-corrected chi connectivity index (χ3v) is 1.72. The zero-order chi connectivity index (χ0) is 11.3. The van der Waals surface area contributed by atoms with Gasteiger partial charge >= 0.3 is 6.61 Å². The third-order valence-electron chi connectivity index (χ3n) is 1.72. The van der Waals surface area contributed by atoms with Crippen LogP contribution in [0.5, 0.6) is 5.75 Å². The lowest BCUT2D eigenvalue weighted by Gasteiger charge is -2.04. The minimum Gasteiger partial charge on any atom is -0.433 e. The minimum absolute atomic E-state index is 0.0435. The Hall–Kier alpha value is -1.52. The lowest BCUT2D eigenvalue weighted by molar-refractivity contribution is -0.0500. The Morgan fingerprint density at radius 3 is 2.73 bits per heavy atom. The molecule has 82 valence electrons. The van der Waals surface area contributed by atoms with Crippen LogP contribution in [0, 0.1) is 0 Å². The lowest BCUT2D eigenvalue weighted by Crippen LogP contribution is -2.04. The summed E-state index contributed by atoms with van der Waals surface area (Å²) in [6.07, 6.45) is 2.26. The molecule has 15 heavy (non-hydrogen) atoms. The molecule has 0 spiro atoms. The molecule has 0 saturated carbocycles. The van der Waals surface area contributed by atoms with Crippen LogP contribution in [0.25, 0.3) is 0 Å². The molecule has 0 fully saturated rings. The van der Waals surface area contributed by atoms with Crippen LogP contribution in [0.3, 0.4) is 0 Å². The molecular formula is C10H11F2NO2. The number of carbonyl (C=O) groups excluding carboxylic acids is 1. The van der Waals surface area contributed by atoms with E-state index in [2.05, 4.69) is 9.72 Å². The number of pyridine rings is 1.